The third-order valence-corrected chi connectivity index (χ3v) is 3.52. The zero-order valence-corrected chi connectivity index (χ0v) is 10.9. The van der Waals surface area contributed by atoms with Crippen LogP contribution in [0.15, 0.2) is 18.5 Å². The van der Waals surface area contributed by atoms with E-state index in [-0.39, 0.29) is 5.91 Å². The number of aromatic nitrogens is 1. The fraction of sp³-hybridized carbons (Fsp3) is 0.571. The number of carbonyl (C=O) groups excluding carboxylic acids is 1. The molecular formula is C14H21N3O. The van der Waals surface area contributed by atoms with E-state index in [1.807, 2.05) is 19.2 Å². The van der Waals surface area contributed by atoms with E-state index in [4.69, 9.17) is 0 Å². The van der Waals surface area contributed by atoms with Gasteiger partial charge in [-0.2, -0.15) is 0 Å². The Labute approximate surface area is 108 Å². The molecule has 4 heteroatoms. The molecule has 1 aromatic rings. The van der Waals surface area contributed by atoms with Crippen LogP contribution >= 0.6 is 0 Å². The van der Waals surface area contributed by atoms with Crippen LogP contribution in [0, 0.1) is 6.92 Å². The summed E-state index contributed by atoms with van der Waals surface area (Å²) >= 11 is 0. The number of nitrogens with zero attached hydrogens (tertiary/aromatic N) is 1. The van der Waals surface area contributed by atoms with Crippen molar-refractivity contribution in [3.63, 3.8) is 0 Å². The largest absolute Gasteiger partial charge is 0.351 e. The number of pyridine rings is 1. The SMILES string of the molecule is Cc1cnccc1CNC(=O)CNC1CCCC1. The first-order valence-corrected chi connectivity index (χ1v) is 6.65. The molecule has 1 heterocycles. The Kier molecular flexibility index (Phi) is 4.70. The average molecular weight is 247 g/mol. The number of carbonyl (C=O) groups is 1. The van der Waals surface area contributed by atoms with Gasteiger partial charge >= 0.3 is 0 Å². The van der Waals surface area contributed by atoms with Crippen LogP contribution in [0.5, 0.6) is 0 Å². The quantitative estimate of drug-likeness (QED) is 0.830. The molecule has 1 saturated carbocycles. The second kappa shape index (κ2) is 6.50. The van der Waals surface area contributed by atoms with Crippen molar-refractivity contribution in [3.05, 3.63) is 29.6 Å². The van der Waals surface area contributed by atoms with Crippen LogP contribution in [0.25, 0.3) is 0 Å². The molecule has 0 aliphatic heterocycles. The Hall–Kier alpha value is -1.42. The second-order valence-electron chi connectivity index (χ2n) is 4.94. The van der Waals surface area contributed by atoms with Gasteiger partial charge in [0.05, 0.1) is 6.54 Å². The molecule has 0 saturated heterocycles. The van der Waals surface area contributed by atoms with Crippen LogP contribution < -0.4 is 10.6 Å². The highest BCUT2D eigenvalue weighted by Crippen LogP contribution is 2.17. The number of aryl methyl sites for hydroxylation is 1. The van der Waals surface area contributed by atoms with Gasteiger partial charge in [0.15, 0.2) is 0 Å². The molecule has 0 atom stereocenters. The molecule has 0 radical (unpaired) electrons. The summed E-state index contributed by atoms with van der Waals surface area (Å²) in [5.74, 6) is 0.0677. The first-order chi connectivity index (χ1) is 8.75. The number of hydrogen-bond acceptors (Lipinski definition) is 3. The summed E-state index contributed by atoms with van der Waals surface area (Å²) in [6.45, 7) is 3.01. The summed E-state index contributed by atoms with van der Waals surface area (Å²) in [5, 5.41) is 6.24. The standard InChI is InChI=1S/C14H21N3O/c1-11-8-15-7-6-12(11)9-17-14(18)10-16-13-4-2-3-5-13/h6-8,13,16H,2-5,9-10H2,1H3,(H,17,18). The lowest BCUT2D eigenvalue weighted by molar-refractivity contribution is -0.120. The van der Waals surface area contributed by atoms with Crippen LogP contribution in [0.1, 0.15) is 36.8 Å². The van der Waals surface area contributed by atoms with E-state index in [1.165, 1.54) is 25.7 Å². The minimum absolute atomic E-state index is 0.0677. The van der Waals surface area contributed by atoms with Crippen LogP contribution in [-0.2, 0) is 11.3 Å². The highest BCUT2D eigenvalue weighted by atomic mass is 16.1. The maximum atomic E-state index is 11.7. The molecule has 0 aromatic carbocycles. The van der Waals surface area contributed by atoms with Crippen molar-refractivity contribution in [1.82, 2.24) is 15.6 Å². The molecule has 1 aromatic heterocycles. The number of rotatable bonds is 5. The minimum Gasteiger partial charge on any atom is -0.351 e. The first kappa shape index (κ1) is 13.0. The van der Waals surface area contributed by atoms with E-state index in [1.54, 1.807) is 6.20 Å². The minimum atomic E-state index is 0.0677. The second-order valence-corrected chi connectivity index (χ2v) is 4.94. The van der Waals surface area contributed by atoms with Crippen molar-refractivity contribution in [2.75, 3.05) is 6.54 Å². The Morgan fingerprint density at radius 3 is 2.94 bits per heavy atom. The van der Waals surface area contributed by atoms with Crippen molar-refractivity contribution >= 4 is 5.91 Å². The molecule has 98 valence electrons. The zero-order valence-electron chi connectivity index (χ0n) is 10.9. The highest BCUT2D eigenvalue weighted by Gasteiger charge is 2.15. The summed E-state index contributed by atoms with van der Waals surface area (Å²) in [6, 6.07) is 2.48. The van der Waals surface area contributed by atoms with Gasteiger partial charge in [-0.3, -0.25) is 9.78 Å². The van der Waals surface area contributed by atoms with Gasteiger partial charge < -0.3 is 10.6 Å². The van der Waals surface area contributed by atoms with Crippen molar-refractivity contribution < 1.29 is 4.79 Å². The van der Waals surface area contributed by atoms with Gasteiger partial charge in [-0.1, -0.05) is 12.8 Å². The Morgan fingerprint density at radius 2 is 2.22 bits per heavy atom. The maximum absolute atomic E-state index is 11.7. The molecular weight excluding hydrogens is 226 g/mol. The van der Waals surface area contributed by atoms with Crippen molar-refractivity contribution in [2.45, 2.75) is 45.2 Å². The molecule has 1 aliphatic rings. The lowest BCUT2D eigenvalue weighted by atomic mass is 10.1. The molecule has 0 spiro atoms. The molecule has 1 aliphatic carbocycles. The van der Waals surface area contributed by atoms with E-state index >= 15 is 0 Å². The van der Waals surface area contributed by atoms with Gasteiger partial charge in [0, 0.05) is 25.0 Å². The van der Waals surface area contributed by atoms with Gasteiger partial charge in [0.25, 0.3) is 0 Å². The lowest BCUT2D eigenvalue weighted by Gasteiger charge is -2.12. The van der Waals surface area contributed by atoms with E-state index in [2.05, 4.69) is 15.6 Å². The molecule has 0 unspecified atom stereocenters. The Morgan fingerprint density at radius 1 is 1.44 bits per heavy atom. The summed E-state index contributed by atoms with van der Waals surface area (Å²) in [4.78, 5) is 15.7. The lowest BCUT2D eigenvalue weighted by Crippen LogP contribution is -2.37. The maximum Gasteiger partial charge on any atom is 0.234 e. The summed E-state index contributed by atoms with van der Waals surface area (Å²) in [6.07, 6.45) is 8.56. The number of nitrogens with one attached hydrogen (secondary N) is 2. The molecule has 2 N–H and O–H groups in total. The molecule has 2 rings (SSSR count). The van der Waals surface area contributed by atoms with Gasteiger partial charge in [0.2, 0.25) is 5.91 Å². The average Bonchev–Trinajstić information content (AvgIpc) is 2.88. The predicted molar refractivity (Wildman–Crippen MR) is 71.1 cm³/mol. The molecule has 0 bridgehead atoms. The molecule has 4 nitrogen and oxygen atoms in total. The topological polar surface area (TPSA) is 54.0 Å². The monoisotopic (exact) mass is 247 g/mol. The van der Waals surface area contributed by atoms with Gasteiger partial charge in [0.1, 0.15) is 0 Å². The Bertz CT molecular complexity index is 400. The Balaban J connectivity index is 1.69. The van der Waals surface area contributed by atoms with E-state index in [9.17, 15) is 4.79 Å². The third kappa shape index (κ3) is 3.81. The van der Waals surface area contributed by atoms with Gasteiger partial charge in [-0.25, -0.2) is 0 Å². The van der Waals surface area contributed by atoms with Crippen molar-refractivity contribution in [2.24, 2.45) is 0 Å². The van der Waals surface area contributed by atoms with Crippen molar-refractivity contribution in [3.8, 4) is 0 Å². The highest BCUT2D eigenvalue weighted by molar-refractivity contribution is 5.78. The normalized spacial score (nSPS) is 15.8. The summed E-state index contributed by atoms with van der Waals surface area (Å²) in [7, 11) is 0. The smallest absolute Gasteiger partial charge is 0.234 e. The van der Waals surface area contributed by atoms with Crippen LogP contribution in [0.2, 0.25) is 0 Å². The molecule has 1 fully saturated rings. The zero-order chi connectivity index (χ0) is 12.8. The fourth-order valence-corrected chi connectivity index (χ4v) is 2.32. The fourth-order valence-electron chi connectivity index (χ4n) is 2.32. The van der Waals surface area contributed by atoms with Gasteiger partial charge in [-0.15, -0.1) is 0 Å². The molecule has 18 heavy (non-hydrogen) atoms. The van der Waals surface area contributed by atoms with Gasteiger partial charge in [-0.05, 0) is 37.0 Å². The van der Waals surface area contributed by atoms with E-state index < -0.39 is 0 Å². The van der Waals surface area contributed by atoms with E-state index in [0.29, 0.717) is 19.1 Å². The number of amides is 1. The van der Waals surface area contributed by atoms with Crippen LogP contribution in [0.3, 0.4) is 0 Å². The summed E-state index contributed by atoms with van der Waals surface area (Å²) < 4.78 is 0. The van der Waals surface area contributed by atoms with Crippen molar-refractivity contribution in [1.29, 1.82) is 0 Å². The first-order valence-electron chi connectivity index (χ1n) is 6.65. The predicted octanol–water partition coefficient (Wildman–Crippen LogP) is 1.54. The third-order valence-electron chi connectivity index (χ3n) is 3.52. The van der Waals surface area contributed by atoms with E-state index in [0.717, 1.165) is 11.1 Å². The summed E-state index contributed by atoms with van der Waals surface area (Å²) in [5.41, 5.74) is 2.24. The molecule has 1 amide bonds. The number of hydrogen-bond donors (Lipinski definition) is 2. The van der Waals surface area contributed by atoms with Crippen LogP contribution in [-0.4, -0.2) is 23.5 Å². The van der Waals surface area contributed by atoms with Crippen LogP contribution in [0.4, 0.5) is 0 Å².